The Labute approximate surface area is 134 Å². The van der Waals surface area contributed by atoms with Crippen LogP contribution in [-0.4, -0.2) is 99.5 Å². The molecule has 0 radical (unpaired) electrons. The molecule has 8 atom stereocenters. The van der Waals surface area contributed by atoms with E-state index in [1.165, 1.54) is 0 Å². The first-order valence-corrected chi connectivity index (χ1v) is 7.73. The molecule has 0 bridgehead atoms. The van der Waals surface area contributed by atoms with E-state index >= 15 is 0 Å². The van der Waals surface area contributed by atoms with Crippen LogP contribution in [0.15, 0.2) is 0 Å². The molecule has 6 N–H and O–H groups in total. The average molecular weight is 338 g/mol. The fourth-order valence-electron chi connectivity index (χ4n) is 3.02. The summed E-state index contributed by atoms with van der Waals surface area (Å²) >= 11 is 0. The number of aliphatic hydroxyl groups excluding tert-OH is 6. The van der Waals surface area contributed by atoms with Gasteiger partial charge in [-0.15, -0.1) is 0 Å². The molecule has 0 unspecified atom stereocenters. The van der Waals surface area contributed by atoms with E-state index in [-0.39, 0.29) is 31.8 Å². The molecule has 2 aliphatic rings. The van der Waals surface area contributed by atoms with Gasteiger partial charge in [0.15, 0.2) is 6.29 Å². The maximum absolute atomic E-state index is 9.87. The van der Waals surface area contributed by atoms with Gasteiger partial charge in [-0.2, -0.15) is 0 Å². The van der Waals surface area contributed by atoms with Gasteiger partial charge in [0.05, 0.1) is 19.8 Å². The lowest BCUT2D eigenvalue weighted by Gasteiger charge is -2.39. The van der Waals surface area contributed by atoms with Gasteiger partial charge < -0.3 is 44.8 Å². The van der Waals surface area contributed by atoms with E-state index in [2.05, 4.69) is 0 Å². The molecule has 0 spiro atoms. The van der Waals surface area contributed by atoms with Crippen LogP contribution in [0.3, 0.4) is 0 Å². The second-order valence-electron chi connectivity index (χ2n) is 6.15. The Balaban J connectivity index is 1.88. The van der Waals surface area contributed by atoms with Crippen LogP contribution in [0, 0.1) is 5.92 Å². The monoisotopic (exact) mass is 338 g/mol. The quantitative estimate of drug-likeness (QED) is 0.253. The molecule has 136 valence electrons. The SMILES string of the molecule is C[C@@H](CO)[C@]1(CCO[C@@H]2O[C@H](CO)[C@@H](O)[C@H](O)[C@H]2O)O[C@H]1CO. The first-order valence-electron chi connectivity index (χ1n) is 7.73. The number of epoxide rings is 1. The van der Waals surface area contributed by atoms with Gasteiger partial charge in [-0.25, -0.2) is 0 Å². The van der Waals surface area contributed by atoms with Gasteiger partial charge in [-0.3, -0.25) is 0 Å². The van der Waals surface area contributed by atoms with Crippen molar-refractivity contribution in [1.82, 2.24) is 0 Å². The van der Waals surface area contributed by atoms with Gasteiger partial charge in [0, 0.05) is 18.9 Å². The van der Waals surface area contributed by atoms with E-state index in [0.717, 1.165) is 0 Å². The summed E-state index contributed by atoms with van der Waals surface area (Å²) < 4.78 is 16.1. The molecule has 2 rings (SSSR count). The lowest BCUT2D eigenvalue weighted by atomic mass is 9.88. The third-order valence-electron chi connectivity index (χ3n) is 4.75. The van der Waals surface area contributed by atoms with Crippen LogP contribution < -0.4 is 0 Å². The van der Waals surface area contributed by atoms with Crippen LogP contribution in [0.2, 0.25) is 0 Å². The minimum Gasteiger partial charge on any atom is -0.396 e. The van der Waals surface area contributed by atoms with Crippen LogP contribution in [0.1, 0.15) is 13.3 Å². The van der Waals surface area contributed by atoms with Gasteiger partial charge in [-0.1, -0.05) is 6.92 Å². The highest BCUT2D eigenvalue weighted by Gasteiger charge is 2.59. The van der Waals surface area contributed by atoms with Gasteiger partial charge >= 0.3 is 0 Å². The topological polar surface area (TPSA) is 152 Å². The summed E-state index contributed by atoms with van der Waals surface area (Å²) in [7, 11) is 0. The number of hydrogen-bond donors (Lipinski definition) is 6. The van der Waals surface area contributed by atoms with Crippen LogP contribution in [0.25, 0.3) is 0 Å². The molecule has 9 nitrogen and oxygen atoms in total. The molecule has 2 aliphatic heterocycles. The zero-order valence-electron chi connectivity index (χ0n) is 13.0. The molecule has 2 heterocycles. The lowest BCUT2D eigenvalue weighted by Crippen LogP contribution is -2.59. The maximum atomic E-state index is 9.87. The van der Waals surface area contributed by atoms with Crippen molar-refractivity contribution in [3.63, 3.8) is 0 Å². The summed E-state index contributed by atoms with van der Waals surface area (Å²) in [6, 6.07) is 0. The highest BCUT2D eigenvalue weighted by molar-refractivity contribution is 5.05. The van der Waals surface area contributed by atoms with Crippen LogP contribution >= 0.6 is 0 Å². The number of rotatable bonds is 8. The fraction of sp³-hybridized carbons (Fsp3) is 1.00. The third-order valence-corrected chi connectivity index (χ3v) is 4.75. The predicted molar refractivity (Wildman–Crippen MR) is 75.3 cm³/mol. The summed E-state index contributed by atoms with van der Waals surface area (Å²) in [6.45, 7) is 1.10. The van der Waals surface area contributed by atoms with E-state index < -0.39 is 42.9 Å². The lowest BCUT2D eigenvalue weighted by molar-refractivity contribution is -0.301. The van der Waals surface area contributed by atoms with Gasteiger partial charge in [-0.05, 0) is 0 Å². The van der Waals surface area contributed by atoms with Crippen molar-refractivity contribution in [2.75, 3.05) is 26.4 Å². The van der Waals surface area contributed by atoms with E-state index in [1.54, 1.807) is 6.92 Å². The van der Waals surface area contributed by atoms with Crippen molar-refractivity contribution in [2.45, 2.75) is 55.8 Å². The maximum Gasteiger partial charge on any atom is 0.186 e. The van der Waals surface area contributed by atoms with Crippen molar-refractivity contribution in [2.24, 2.45) is 5.92 Å². The summed E-state index contributed by atoms with van der Waals surface area (Å²) in [6.07, 6.45) is -6.60. The second-order valence-corrected chi connectivity index (χ2v) is 6.15. The highest BCUT2D eigenvalue weighted by Crippen LogP contribution is 2.45. The first kappa shape index (κ1) is 19.0. The smallest absolute Gasteiger partial charge is 0.186 e. The molecule has 2 saturated heterocycles. The largest absolute Gasteiger partial charge is 0.396 e. The number of ether oxygens (including phenoxy) is 3. The summed E-state index contributed by atoms with van der Waals surface area (Å²) in [5, 5.41) is 56.8. The molecule has 0 aliphatic carbocycles. The zero-order chi connectivity index (χ0) is 17.2. The number of aliphatic hydroxyl groups is 6. The van der Waals surface area contributed by atoms with Gasteiger partial charge in [0.2, 0.25) is 0 Å². The molecule has 23 heavy (non-hydrogen) atoms. The minimum atomic E-state index is -1.49. The van der Waals surface area contributed by atoms with Gasteiger partial charge in [0.1, 0.15) is 36.1 Å². The standard InChI is InChI=1S/C14H26O9/c1-7(4-15)14(9(6-17)23-14)2-3-21-13-12(20)11(19)10(18)8(5-16)22-13/h7-13,15-20H,2-6H2,1H3/t7-,8+,9-,10+,11-,12+,13+,14-/m0/s1. The molecule has 0 saturated carbocycles. The Hall–Kier alpha value is -0.360. The predicted octanol–water partition coefficient (Wildman–Crippen LogP) is -3.05. The van der Waals surface area contributed by atoms with E-state index in [9.17, 15) is 25.5 Å². The molecule has 2 fully saturated rings. The van der Waals surface area contributed by atoms with Crippen molar-refractivity contribution in [3.8, 4) is 0 Å². The minimum absolute atomic E-state index is 0.0868. The van der Waals surface area contributed by atoms with Crippen molar-refractivity contribution in [3.05, 3.63) is 0 Å². The van der Waals surface area contributed by atoms with Gasteiger partial charge in [0.25, 0.3) is 0 Å². The Morgan fingerprint density at radius 3 is 2.26 bits per heavy atom. The van der Waals surface area contributed by atoms with Crippen molar-refractivity contribution < 1.29 is 44.8 Å². The van der Waals surface area contributed by atoms with Crippen molar-refractivity contribution in [1.29, 1.82) is 0 Å². The molecule has 0 aromatic carbocycles. The Kier molecular flexibility index (Phi) is 6.34. The number of hydrogen-bond acceptors (Lipinski definition) is 9. The average Bonchev–Trinajstić information content (AvgIpc) is 3.28. The van der Waals surface area contributed by atoms with Crippen LogP contribution in [0.4, 0.5) is 0 Å². The molecule has 0 aromatic heterocycles. The van der Waals surface area contributed by atoms with E-state index in [4.69, 9.17) is 19.3 Å². The highest BCUT2D eigenvalue weighted by atomic mass is 16.7. The van der Waals surface area contributed by atoms with E-state index in [1.807, 2.05) is 0 Å². The summed E-state index contributed by atoms with van der Waals surface area (Å²) in [5.41, 5.74) is -0.683. The van der Waals surface area contributed by atoms with E-state index in [0.29, 0.717) is 6.42 Å². The summed E-state index contributed by atoms with van der Waals surface area (Å²) in [4.78, 5) is 0. The Morgan fingerprint density at radius 2 is 1.74 bits per heavy atom. The second kappa shape index (κ2) is 7.68. The first-order chi connectivity index (χ1) is 10.9. The van der Waals surface area contributed by atoms with Crippen LogP contribution in [-0.2, 0) is 14.2 Å². The molecule has 0 aromatic rings. The van der Waals surface area contributed by atoms with Crippen LogP contribution in [0.5, 0.6) is 0 Å². The summed E-state index contributed by atoms with van der Waals surface area (Å²) in [5.74, 6) is -0.196. The normalized spacial score (nSPS) is 45.0. The molecule has 9 heteroatoms. The fourth-order valence-corrected chi connectivity index (χ4v) is 3.02. The zero-order valence-corrected chi connectivity index (χ0v) is 13.0. The third kappa shape index (κ3) is 3.68. The Bertz CT molecular complexity index is 379. The molecular formula is C14H26O9. The molecule has 0 amide bonds. The molecular weight excluding hydrogens is 312 g/mol. The van der Waals surface area contributed by atoms with Crippen molar-refractivity contribution >= 4 is 0 Å². The Morgan fingerprint density at radius 1 is 1.04 bits per heavy atom.